The van der Waals surface area contributed by atoms with Gasteiger partial charge >= 0.3 is 0 Å². The Morgan fingerprint density at radius 3 is 2.14 bits per heavy atom. The summed E-state index contributed by atoms with van der Waals surface area (Å²) in [7, 11) is 1.62. The molecule has 0 saturated carbocycles. The van der Waals surface area contributed by atoms with Crippen LogP contribution in [-0.2, 0) is 17.8 Å². The summed E-state index contributed by atoms with van der Waals surface area (Å²) in [5, 5.41) is 2.91. The van der Waals surface area contributed by atoms with Gasteiger partial charge in [0.05, 0.1) is 13.7 Å². The molecule has 36 heavy (non-hydrogen) atoms. The lowest BCUT2D eigenvalue weighted by molar-refractivity contribution is -0.693. The van der Waals surface area contributed by atoms with Crippen LogP contribution in [0.25, 0.3) is 0 Å². The van der Waals surface area contributed by atoms with Crippen molar-refractivity contribution < 1.29 is 23.6 Å². The lowest BCUT2D eigenvalue weighted by atomic mass is 10.1. The van der Waals surface area contributed by atoms with Crippen molar-refractivity contribution >= 4 is 5.91 Å². The minimum absolute atomic E-state index is 0.0351. The lowest BCUT2D eigenvalue weighted by Crippen LogP contribution is -2.32. The van der Waals surface area contributed by atoms with Crippen LogP contribution in [0.5, 0.6) is 17.2 Å². The second-order valence-electron chi connectivity index (χ2n) is 9.27. The Morgan fingerprint density at radius 2 is 1.50 bits per heavy atom. The summed E-state index contributed by atoms with van der Waals surface area (Å²) in [5.74, 6) is 1.76. The molecule has 0 aliphatic rings. The summed E-state index contributed by atoms with van der Waals surface area (Å²) in [4.78, 5) is 12.2. The molecule has 1 aromatic heterocycles. The van der Waals surface area contributed by atoms with Crippen LogP contribution in [0, 0.1) is 0 Å². The van der Waals surface area contributed by atoms with Gasteiger partial charge in [-0.25, -0.2) is 4.57 Å². The zero-order chi connectivity index (χ0) is 25.8. The van der Waals surface area contributed by atoms with Gasteiger partial charge in [0.1, 0.15) is 12.3 Å². The van der Waals surface area contributed by atoms with E-state index in [2.05, 4.69) is 48.3 Å². The lowest BCUT2D eigenvalue weighted by Gasteiger charge is -2.13. The van der Waals surface area contributed by atoms with Crippen LogP contribution in [0.2, 0.25) is 0 Å². The van der Waals surface area contributed by atoms with Gasteiger partial charge < -0.3 is 19.5 Å². The van der Waals surface area contributed by atoms with Crippen molar-refractivity contribution in [3.63, 3.8) is 0 Å². The molecule has 6 heteroatoms. The second kappa shape index (κ2) is 18.5. The van der Waals surface area contributed by atoms with Crippen molar-refractivity contribution in [3.05, 3.63) is 48.3 Å². The molecule has 6 nitrogen and oxygen atoms in total. The summed E-state index contributed by atoms with van der Waals surface area (Å²) in [6.07, 6.45) is 17.9. The van der Waals surface area contributed by atoms with E-state index in [-0.39, 0.29) is 12.5 Å². The molecule has 0 fully saturated rings. The molecule has 0 atom stereocenters. The molecule has 1 aromatic carbocycles. The highest BCUT2D eigenvalue weighted by Crippen LogP contribution is 2.31. The molecular formula is C30H47N2O4+. The zero-order valence-corrected chi connectivity index (χ0v) is 22.7. The average molecular weight is 500 g/mol. The number of aromatic nitrogens is 1. The molecule has 2 aromatic rings. The number of ether oxygens (including phenoxy) is 3. The van der Waals surface area contributed by atoms with Crippen LogP contribution < -0.4 is 24.1 Å². The zero-order valence-electron chi connectivity index (χ0n) is 22.7. The highest BCUT2D eigenvalue weighted by atomic mass is 16.5. The van der Waals surface area contributed by atoms with Gasteiger partial charge in [-0.3, -0.25) is 4.79 Å². The molecule has 0 aliphatic carbocycles. The predicted molar refractivity (Wildman–Crippen MR) is 145 cm³/mol. The fraction of sp³-hybridized carbons (Fsp3) is 0.600. The van der Waals surface area contributed by atoms with E-state index < -0.39 is 0 Å². The van der Waals surface area contributed by atoms with Crippen molar-refractivity contribution in [1.29, 1.82) is 0 Å². The topological polar surface area (TPSA) is 60.7 Å². The number of aryl methyl sites for hydroxylation is 1. The Kier molecular flexibility index (Phi) is 15.1. The highest BCUT2D eigenvalue weighted by molar-refractivity contribution is 5.77. The molecule has 0 radical (unpaired) electrons. The van der Waals surface area contributed by atoms with Gasteiger partial charge in [0, 0.05) is 24.7 Å². The van der Waals surface area contributed by atoms with Crippen LogP contribution in [0.4, 0.5) is 0 Å². The average Bonchev–Trinajstić information content (AvgIpc) is 2.91. The number of rotatable bonds is 20. The summed E-state index contributed by atoms with van der Waals surface area (Å²) < 4.78 is 19.2. The van der Waals surface area contributed by atoms with Crippen LogP contribution in [0.15, 0.2) is 42.7 Å². The largest absolute Gasteiger partial charge is 0.493 e. The number of pyridine rings is 1. The summed E-state index contributed by atoms with van der Waals surface area (Å²) in [6.45, 7) is 6.53. The van der Waals surface area contributed by atoms with E-state index >= 15 is 0 Å². The van der Waals surface area contributed by atoms with Gasteiger partial charge in [-0.05, 0) is 37.5 Å². The summed E-state index contributed by atoms with van der Waals surface area (Å²) in [5.41, 5.74) is 1.19. The Hall–Kier alpha value is -2.76. The molecule has 2 rings (SSSR count). The number of carbonyl (C=O) groups excluding carboxylic acids is 1. The van der Waals surface area contributed by atoms with Crippen molar-refractivity contribution in [2.45, 2.75) is 91.0 Å². The van der Waals surface area contributed by atoms with Gasteiger partial charge in [0.2, 0.25) is 0 Å². The van der Waals surface area contributed by atoms with E-state index in [1.165, 1.54) is 63.4 Å². The predicted octanol–water partition coefficient (Wildman–Crippen LogP) is 6.04. The normalized spacial score (nSPS) is 10.8. The third kappa shape index (κ3) is 12.3. The van der Waals surface area contributed by atoms with Crippen LogP contribution in [0.1, 0.15) is 83.6 Å². The summed E-state index contributed by atoms with van der Waals surface area (Å²) >= 11 is 0. The van der Waals surface area contributed by atoms with Gasteiger partial charge in [-0.1, -0.05) is 64.7 Å². The number of carbonyl (C=O) groups is 1. The maximum Gasteiger partial charge on any atom is 0.257 e. The van der Waals surface area contributed by atoms with Crippen molar-refractivity contribution in [2.24, 2.45) is 0 Å². The molecule has 0 saturated heterocycles. The smallest absolute Gasteiger partial charge is 0.257 e. The number of benzene rings is 1. The Labute approximate surface area is 218 Å². The minimum atomic E-state index is -0.144. The molecule has 0 unspecified atom stereocenters. The Bertz CT molecular complexity index is 855. The quantitative estimate of drug-likeness (QED) is 0.178. The fourth-order valence-electron chi connectivity index (χ4n) is 4.04. The Balaban J connectivity index is 1.60. The van der Waals surface area contributed by atoms with E-state index in [0.29, 0.717) is 30.4 Å². The van der Waals surface area contributed by atoms with Crippen molar-refractivity contribution in [1.82, 2.24) is 5.32 Å². The Morgan fingerprint density at radius 1 is 0.833 bits per heavy atom. The van der Waals surface area contributed by atoms with E-state index in [1.807, 2.05) is 12.1 Å². The SMILES string of the molecule is CCCCCCCCCCCCOc1ccc(OCC(=O)NCCc2cc[n+](CC)cc2)cc1OC. The van der Waals surface area contributed by atoms with Gasteiger partial charge in [-0.2, -0.15) is 0 Å². The molecular weight excluding hydrogens is 452 g/mol. The standard InChI is InChI=1S/C30H46N2O4/c1-4-6-7-8-9-10-11-12-13-14-23-35-28-16-15-27(24-29(28)34-3)36-25-30(33)31-20-17-26-18-21-32(5-2)22-19-26/h15-16,18-19,21-22,24H,4-14,17,20,23,25H2,1-3H3/p+1. The second-order valence-corrected chi connectivity index (χ2v) is 9.27. The van der Waals surface area contributed by atoms with Gasteiger partial charge in [-0.15, -0.1) is 0 Å². The molecule has 0 bridgehead atoms. The number of methoxy groups -OCH3 is 1. The van der Waals surface area contributed by atoms with Gasteiger partial charge in [0.25, 0.3) is 5.91 Å². The molecule has 0 spiro atoms. The van der Waals surface area contributed by atoms with Crippen LogP contribution >= 0.6 is 0 Å². The molecule has 1 N–H and O–H groups in total. The maximum absolute atomic E-state index is 12.2. The maximum atomic E-state index is 12.2. The monoisotopic (exact) mass is 499 g/mol. The molecule has 200 valence electrons. The fourth-order valence-corrected chi connectivity index (χ4v) is 4.04. The van der Waals surface area contributed by atoms with E-state index in [0.717, 1.165) is 19.4 Å². The number of nitrogens with zero attached hydrogens (tertiary/aromatic N) is 1. The molecule has 0 aliphatic heterocycles. The first-order valence-corrected chi connectivity index (χ1v) is 13.8. The number of nitrogens with one attached hydrogen (secondary N) is 1. The third-order valence-electron chi connectivity index (χ3n) is 6.32. The first kappa shape index (κ1) is 29.5. The van der Waals surface area contributed by atoms with E-state index in [9.17, 15) is 4.79 Å². The first-order valence-electron chi connectivity index (χ1n) is 13.8. The highest BCUT2D eigenvalue weighted by Gasteiger charge is 2.09. The number of hydrogen-bond acceptors (Lipinski definition) is 4. The van der Waals surface area contributed by atoms with E-state index in [1.54, 1.807) is 13.2 Å². The van der Waals surface area contributed by atoms with Crippen LogP contribution in [-0.4, -0.2) is 32.8 Å². The number of hydrogen-bond donors (Lipinski definition) is 1. The third-order valence-corrected chi connectivity index (χ3v) is 6.32. The first-order chi connectivity index (χ1) is 17.7. The summed E-state index contributed by atoms with van der Waals surface area (Å²) in [6, 6.07) is 9.60. The molecule has 1 heterocycles. The molecule has 1 amide bonds. The van der Waals surface area contributed by atoms with Crippen molar-refractivity contribution in [2.75, 3.05) is 26.9 Å². The number of unbranched alkanes of at least 4 members (excludes halogenated alkanes) is 9. The van der Waals surface area contributed by atoms with Crippen molar-refractivity contribution in [3.8, 4) is 17.2 Å². The van der Waals surface area contributed by atoms with Crippen LogP contribution in [0.3, 0.4) is 0 Å². The van der Waals surface area contributed by atoms with Gasteiger partial charge in [0.15, 0.2) is 30.5 Å². The minimum Gasteiger partial charge on any atom is -0.493 e. The van der Waals surface area contributed by atoms with E-state index in [4.69, 9.17) is 14.2 Å². The number of amides is 1.